The smallest absolute Gasteiger partial charge is 0.270 e. The second kappa shape index (κ2) is 7.39. The fourth-order valence-corrected chi connectivity index (χ4v) is 4.12. The number of H-pyrrole nitrogens is 1. The van der Waals surface area contributed by atoms with E-state index in [1.165, 1.54) is 11.1 Å². The number of aromatic nitrogens is 1. The van der Waals surface area contributed by atoms with Crippen LogP contribution in [0.3, 0.4) is 0 Å². The van der Waals surface area contributed by atoms with Crippen LogP contribution >= 0.6 is 0 Å². The average molecular weight is 360 g/mol. The monoisotopic (exact) mass is 360 g/mol. The molecule has 4 rings (SSSR count). The van der Waals surface area contributed by atoms with Gasteiger partial charge in [0.2, 0.25) is 0 Å². The summed E-state index contributed by atoms with van der Waals surface area (Å²) in [5.74, 6) is -0.0796. The number of rotatable bonds is 4. The van der Waals surface area contributed by atoms with E-state index in [-0.39, 0.29) is 17.5 Å². The van der Waals surface area contributed by atoms with Gasteiger partial charge in [0.05, 0.1) is 0 Å². The molecule has 0 aliphatic heterocycles. The van der Waals surface area contributed by atoms with Crippen molar-refractivity contribution in [1.29, 1.82) is 0 Å². The van der Waals surface area contributed by atoms with E-state index < -0.39 is 0 Å². The summed E-state index contributed by atoms with van der Waals surface area (Å²) in [6.07, 6.45) is 3.71. The lowest BCUT2D eigenvalue weighted by Crippen LogP contribution is -2.44. The van der Waals surface area contributed by atoms with Gasteiger partial charge in [0, 0.05) is 18.0 Å². The minimum absolute atomic E-state index is 0.0796. The van der Waals surface area contributed by atoms with Crippen LogP contribution in [0.2, 0.25) is 0 Å². The molecule has 1 aromatic heterocycles. The maximum Gasteiger partial charge on any atom is 0.270 e. The highest BCUT2D eigenvalue weighted by atomic mass is 16.2. The van der Waals surface area contributed by atoms with Crippen molar-refractivity contribution >= 4 is 16.7 Å². The number of carbonyl (C=O) groups excluding carboxylic acids is 1. The van der Waals surface area contributed by atoms with Crippen molar-refractivity contribution in [3.05, 3.63) is 81.8 Å². The van der Waals surface area contributed by atoms with Crippen molar-refractivity contribution in [2.75, 3.05) is 6.54 Å². The average Bonchev–Trinajstić information content (AvgIpc) is 2.71. The minimum Gasteiger partial charge on any atom is -0.334 e. The van der Waals surface area contributed by atoms with Crippen molar-refractivity contribution in [2.45, 2.75) is 38.6 Å². The molecular formula is C23H24N2O2. The van der Waals surface area contributed by atoms with Gasteiger partial charge in [-0.25, -0.2) is 0 Å². The predicted octanol–water partition coefficient (Wildman–Crippen LogP) is 3.94. The molecule has 0 fully saturated rings. The van der Waals surface area contributed by atoms with Crippen molar-refractivity contribution in [3.8, 4) is 0 Å². The maximum absolute atomic E-state index is 13.3. The Bertz CT molecular complexity index is 1040. The highest BCUT2D eigenvalue weighted by Gasteiger charge is 2.28. The SMILES string of the molecule is CCCN(C(=O)c1cc2ccccc2c(=O)[nH]1)C1CCc2ccccc2C1. The van der Waals surface area contributed by atoms with Crippen LogP contribution in [-0.2, 0) is 12.8 Å². The predicted molar refractivity (Wildman–Crippen MR) is 108 cm³/mol. The maximum atomic E-state index is 13.3. The standard InChI is InChI=1S/C23H24N2O2/c1-2-13-25(19-12-11-16-7-3-4-8-17(16)14-19)23(27)21-15-18-9-5-6-10-20(18)22(26)24-21/h3-10,15,19H,2,11-14H2,1H3,(H,24,26). The van der Waals surface area contributed by atoms with E-state index in [9.17, 15) is 9.59 Å². The van der Waals surface area contributed by atoms with Crippen LogP contribution in [0.1, 0.15) is 41.4 Å². The molecule has 3 aromatic rings. The summed E-state index contributed by atoms with van der Waals surface area (Å²) >= 11 is 0. The molecule has 4 nitrogen and oxygen atoms in total. The molecule has 1 unspecified atom stereocenters. The summed E-state index contributed by atoms with van der Waals surface area (Å²) in [6, 6.07) is 17.8. The van der Waals surface area contributed by atoms with Crippen LogP contribution < -0.4 is 5.56 Å². The molecule has 0 saturated heterocycles. The molecule has 0 saturated carbocycles. The Kier molecular flexibility index (Phi) is 4.80. The zero-order valence-electron chi connectivity index (χ0n) is 15.6. The van der Waals surface area contributed by atoms with Crippen molar-refractivity contribution < 1.29 is 4.79 Å². The van der Waals surface area contributed by atoms with Crippen LogP contribution in [0.25, 0.3) is 10.8 Å². The highest BCUT2D eigenvalue weighted by molar-refractivity contribution is 5.96. The number of fused-ring (bicyclic) bond motifs is 2. The Labute approximate surface area is 158 Å². The lowest BCUT2D eigenvalue weighted by Gasteiger charge is -2.35. The first-order chi connectivity index (χ1) is 13.2. The summed E-state index contributed by atoms with van der Waals surface area (Å²) in [5.41, 5.74) is 2.89. The third-order valence-corrected chi connectivity index (χ3v) is 5.47. The van der Waals surface area contributed by atoms with Gasteiger partial charge in [0.1, 0.15) is 5.69 Å². The molecule has 4 heteroatoms. The van der Waals surface area contributed by atoms with Crippen molar-refractivity contribution in [1.82, 2.24) is 9.88 Å². The molecule has 1 atom stereocenters. The number of hydrogen-bond acceptors (Lipinski definition) is 2. The number of amides is 1. The molecule has 1 aliphatic carbocycles. The number of aromatic amines is 1. The fourth-order valence-electron chi connectivity index (χ4n) is 4.12. The molecule has 0 radical (unpaired) electrons. The van der Waals surface area contributed by atoms with Gasteiger partial charge in [-0.2, -0.15) is 0 Å². The summed E-state index contributed by atoms with van der Waals surface area (Å²) in [5, 5.41) is 1.41. The van der Waals surface area contributed by atoms with Crippen LogP contribution in [0.4, 0.5) is 0 Å². The normalized spacial score (nSPS) is 16.1. The zero-order valence-corrected chi connectivity index (χ0v) is 15.6. The summed E-state index contributed by atoms with van der Waals surface area (Å²) in [7, 11) is 0. The van der Waals surface area contributed by atoms with Gasteiger partial charge in [0.15, 0.2) is 0 Å². The summed E-state index contributed by atoms with van der Waals surface area (Å²) in [6.45, 7) is 2.78. The number of aryl methyl sites for hydroxylation is 1. The van der Waals surface area contributed by atoms with Gasteiger partial charge in [-0.05, 0) is 54.3 Å². The van der Waals surface area contributed by atoms with E-state index in [4.69, 9.17) is 0 Å². The number of carbonyl (C=O) groups is 1. The lowest BCUT2D eigenvalue weighted by molar-refractivity contribution is 0.0655. The first-order valence-corrected chi connectivity index (χ1v) is 9.67. The molecule has 27 heavy (non-hydrogen) atoms. The van der Waals surface area contributed by atoms with Crippen LogP contribution in [0.5, 0.6) is 0 Å². The zero-order chi connectivity index (χ0) is 18.8. The summed E-state index contributed by atoms with van der Waals surface area (Å²) < 4.78 is 0. The molecule has 2 aromatic carbocycles. The number of nitrogens with one attached hydrogen (secondary N) is 1. The molecular weight excluding hydrogens is 336 g/mol. The van der Waals surface area contributed by atoms with Crippen molar-refractivity contribution in [3.63, 3.8) is 0 Å². The highest BCUT2D eigenvalue weighted by Crippen LogP contribution is 2.26. The summed E-state index contributed by atoms with van der Waals surface area (Å²) in [4.78, 5) is 30.5. The molecule has 0 spiro atoms. The minimum atomic E-state index is -0.207. The second-order valence-electron chi connectivity index (χ2n) is 7.26. The van der Waals surface area contributed by atoms with E-state index in [1.807, 2.05) is 23.1 Å². The van der Waals surface area contributed by atoms with E-state index >= 15 is 0 Å². The number of pyridine rings is 1. The molecule has 1 aliphatic rings. The van der Waals surface area contributed by atoms with Crippen LogP contribution in [-0.4, -0.2) is 28.4 Å². The van der Waals surface area contributed by atoms with E-state index in [1.54, 1.807) is 12.1 Å². The van der Waals surface area contributed by atoms with E-state index in [0.717, 1.165) is 31.1 Å². The Morgan fingerprint density at radius 1 is 1.11 bits per heavy atom. The van der Waals surface area contributed by atoms with Gasteiger partial charge in [-0.1, -0.05) is 49.4 Å². The Morgan fingerprint density at radius 2 is 1.85 bits per heavy atom. The number of nitrogens with zero attached hydrogens (tertiary/aromatic N) is 1. The lowest BCUT2D eigenvalue weighted by atomic mass is 9.87. The van der Waals surface area contributed by atoms with Gasteiger partial charge in [-0.15, -0.1) is 0 Å². The van der Waals surface area contributed by atoms with E-state index in [0.29, 0.717) is 17.6 Å². The first kappa shape index (κ1) is 17.5. The molecule has 1 N–H and O–H groups in total. The largest absolute Gasteiger partial charge is 0.334 e. The Balaban J connectivity index is 1.66. The van der Waals surface area contributed by atoms with Gasteiger partial charge in [-0.3, -0.25) is 9.59 Å². The topological polar surface area (TPSA) is 53.2 Å². The van der Waals surface area contributed by atoms with Crippen LogP contribution in [0, 0.1) is 0 Å². The van der Waals surface area contributed by atoms with Gasteiger partial charge < -0.3 is 9.88 Å². The third kappa shape index (κ3) is 3.39. The van der Waals surface area contributed by atoms with Crippen molar-refractivity contribution in [2.24, 2.45) is 0 Å². The number of benzene rings is 2. The first-order valence-electron chi connectivity index (χ1n) is 9.67. The third-order valence-electron chi connectivity index (χ3n) is 5.47. The molecule has 1 amide bonds. The molecule has 0 bridgehead atoms. The quantitative estimate of drug-likeness (QED) is 0.766. The van der Waals surface area contributed by atoms with Gasteiger partial charge >= 0.3 is 0 Å². The molecule has 138 valence electrons. The number of hydrogen-bond donors (Lipinski definition) is 1. The van der Waals surface area contributed by atoms with E-state index in [2.05, 4.69) is 36.2 Å². The Morgan fingerprint density at radius 3 is 2.67 bits per heavy atom. The Hall–Kier alpha value is -2.88. The second-order valence-corrected chi connectivity index (χ2v) is 7.26. The fraction of sp³-hybridized carbons (Fsp3) is 0.304. The van der Waals surface area contributed by atoms with Crippen LogP contribution in [0.15, 0.2) is 59.4 Å². The molecule has 1 heterocycles. The van der Waals surface area contributed by atoms with Gasteiger partial charge in [0.25, 0.3) is 11.5 Å².